The first-order valence-electron chi connectivity index (χ1n) is 14.5. The fourth-order valence-corrected chi connectivity index (χ4v) is 10.8. The van der Waals surface area contributed by atoms with E-state index in [4.69, 9.17) is 0 Å². The van der Waals surface area contributed by atoms with Crippen LogP contribution in [0.25, 0.3) is 0 Å². The van der Waals surface area contributed by atoms with Crippen molar-refractivity contribution in [2.24, 2.45) is 34.5 Å². The van der Waals surface area contributed by atoms with Crippen LogP contribution in [0.2, 0.25) is 0 Å². The van der Waals surface area contributed by atoms with Crippen LogP contribution < -0.4 is 0 Å². The summed E-state index contributed by atoms with van der Waals surface area (Å²) in [7, 11) is 4.45. The molecular weight excluding hydrogens is 448 g/mol. The van der Waals surface area contributed by atoms with Crippen molar-refractivity contribution in [1.29, 1.82) is 0 Å². The highest BCUT2D eigenvalue weighted by molar-refractivity contribution is 7.09. The monoisotopic (exact) mass is 494 g/mol. The van der Waals surface area contributed by atoms with Gasteiger partial charge in [-0.25, -0.2) is 0 Å². The minimum Gasteiger partial charge on any atom is -0.342 e. The number of nitrogens with zero attached hydrogens (tertiary/aromatic N) is 2. The SMILES string of the molecule is C[C@H]1[C@H]2CC[C@H]3[C@@H]4CC=C5C[C@@H](N(C)C(=O)CCCc6cccs6)CC[C@]5(C)C4CC[C@]23CN1C. The van der Waals surface area contributed by atoms with Gasteiger partial charge in [-0.1, -0.05) is 24.6 Å². The van der Waals surface area contributed by atoms with Crippen LogP contribution in [-0.4, -0.2) is 48.4 Å². The van der Waals surface area contributed by atoms with Crippen LogP contribution >= 0.6 is 11.3 Å². The lowest BCUT2D eigenvalue weighted by molar-refractivity contribution is -0.133. The summed E-state index contributed by atoms with van der Waals surface area (Å²) in [6.45, 7) is 6.46. The third kappa shape index (κ3) is 3.79. The zero-order valence-corrected chi connectivity index (χ0v) is 23.3. The molecule has 1 unspecified atom stereocenters. The Morgan fingerprint density at radius 2 is 2.00 bits per heavy atom. The Morgan fingerprint density at radius 3 is 2.80 bits per heavy atom. The van der Waals surface area contributed by atoms with Crippen molar-refractivity contribution in [2.75, 3.05) is 20.6 Å². The van der Waals surface area contributed by atoms with Crippen LogP contribution in [0.5, 0.6) is 0 Å². The highest BCUT2D eigenvalue weighted by Crippen LogP contribution is 2.68. The molecular formula is C31H46N2OS. The maximum Gasteiger partial charge on any atom is 0.222 e. The summed E-state index contributed by atoms with van der Waals surface area (Å²) in [6.07, 6.45) is 16.1. The second-order valence-corrected chi connectivity index (χ2v) is 14.2. The first kappa shape index (κ1) is 24.2. The van der Waals surface area contributed by atoms with Gasteiger partial charge in [0.2, 0.25) is 5.91 Å². The van der Waals surface area contributed by atoms with E-state index in [-0.39, 0.29) is 0 Å². The van der Waals surface area contributed by atoms with Crippen molar-refractivity contribution in [3.63, 3.8) is 0 Å². The van der Waals surface area contributed by atoms with E-state index in [1.807, 2.05) is 11.3 Å². The molecule has 3 nitrogen and oxygen atoms in total. The van der Waals surface area contributed by atoms with Crippen LogP contribution in [0.3, 0.4) is 0 Å². The zero-order chi connectivity index (χ0) is 24.4. The molecule has 1 aromatic rings. The smallest absolute Gasteiger partial charge is 0.222 e. The van der Waals surface area contributed by atoms with E-state index in [1.165, 1.54) is 56.4 Å². The van der Waals surface area contributed by atoms with Crippen LogP contribution in [0.15, 0.2) is 29.2 Å². The predicted molar refractivity (Wildman–Crippen MR) is 145 cm³/mol. The molecule has 1 saturated heterocycles. The molecule has 6 rings (SSSR count). The molecule has 0 bridgehead atoms. The van der Waals surface area contributed by atoms with Gasteiger partial charge in [0.25, 0.3) is 0 Å². The van der Waals surface area contributed by atoms with Gasteiger partial charge in [0.05, 0.1) is 0 Å². The van der Waals surface area contributed by atoms with Crippen molar-refractivity contribution in [2.45, 2.75) is 96.6 Å². The van der Waals surface area contributed by atoms with E-state index in [2.05, 4.69) is 61.3 Å². The van der Waals surface area contributed by atoms with Gasteiger partial charge < -0.3 is 9.80 Å². The van der Waals surface area contributed by atoms with E-state index in [0.717, 1.165) is 49.0 Å². The average molecular weight is 495 g/mol. The predicted octanol–water partition coefficient (Wildman–Crippen LogP) is 6.79. The number of carbonyl (C=O) groups is 1. The average Bonchev–Trinajstić information content (AvgIpc) is 3.55. The van der Waals surface area contributed by atoms with Gasteiger partial charge in [0, 0.05) is 37.0 Å². The Balaban J connectivity index is 1.12. The van der Waals surface area contributed by atoms with E-state index in [1.54, 1.807) is 5.57 Å². The van der Waals surface area contributed by atoms with Gasteiger partial charge in [0.15, 0.2) is 0 Å². The largest absolute Gasteiger partial charge is 0.342 e. The normalized spacial score (nSPS) is 42.6. The molecule has 8 atom stereocenters. The molecule has 1 aliphatic heterocycles. The van der Waals surface area contributed by atoms with Crippen LogP contribution in [0, 0.1) is 34.5 Å². The second kappa shape index (κ2) is 9.01. The number of carbonyl (C=O) groups excluding carboxylic acids is 1. The summed E-state index contributed by atoms with van der Waals surface area (Å²) in [5, 5.41) is 2.13. The summed E-state index contributed by atoms with van der Waals surface area (Å²) in [5.74, 6) is 3.99. The van der Waals surface area contributed by atoms with Crippen molar-refractivity contribution in [1.82, 2.24) is 9.80 Å². The summed E-state index contributed by atoms with van der Waals surface area (Å²) in [6, 6.07) is 5.47. The first-order valence-corrected chi connectivity index (χ1v) is 15.4. The number of amides is 1. The Morgan fingerprint density at radius 1 is 1.17 bits per heavy atom. The van der Waals surface area contributed by atoms with Crippen molar-refractivity contribution in [3.8, 4) is 0 Å². The third-order valence-electron chi connectivity index (χ3n) is 12.0. The Labute approximate surface area is 217 Å². The molecule has 1 amide bonds. The Bertz CT molecular complexity index is 971. The number of hydrogen-bond donors (Lipinski definition) is 0. The molecule has 0 radical (unpaired) electrons. The van der Waals surface area contributed by atoms with Gasteiger partial charge in [-0.2, -0.15) is 0 Å². The zero-order valence-electron chi connectivity index (χ0n) is 22.5. The molecule has 4 heteroatoms. The minimum absolute atomic E-state index is 0.348. The third-order valence-corrected chi connectivity index (χ3v) is 13.0. The standard InChI is InChI=1S/C31H46N2OS/c1-21-26-12-13-28-25-11-10-22-19-23(33(4)29(34)9-5-7-24-8-6-18-35-24)14-16-30(22,2)27(25)15-17-31(26,28)20-32(21)3/h6,8,10,18,21,23,25-28H,5,7,9,11-17,19-20H2,1-4H3/t21-,23-,25+,26+,27?,28-,30-,31-/m0/s1. The van der Waals surface area contributed by atoms with Crippen LogP contribution in [0.4, 0.5) is 0 Å². The number of fused-ring (bicyclic) bond motifs is 4. The highest BCUT2D eigenvalue weighted by atomic mass is 32.1. The molecule has 192 valence electrons. The van der Waals surface area contributed by atoms with E-state index >= 15 is 0 Å². The minimum atomic E-state index is 0.348. The molecule has 0 aromatic carbocycles. The van der Waals surface area contributed by atoms with Crippen molar-refractivity contribution in [3.05, 3.63) is 34.0 Å². The van der Waals surface area contributed by atoms with Gasteiger partial charge in [-0.3, -0.25) is 4.79 Å². The number of hydrogen-bond acceptors (Lipinski definition) is 3. The summed E-state index contributed by atoms with van der Waals surface area (Å²) in [5.41, 5.74) is 2.69. The molecule has 1 aromatic heterocycles. The summed E-state index contributed by atoms with van der Waals surface area (Å²) < 4.78 is 0. The number of allylic oxidation sites excluding steroid dienone is 1. The molecule has 35 heavy (non-hydrogen) atoms. The van der Waals surface area contributed by atoms with E-state index in [9.17, 15) is 4.79 Å². The Hall–Kier alpha value is -1.13. The topological polar surface area (TPSA) is 23.6 Å². The first-order chi connectivity index (χ1) is 16.8. The fraction of sp³-hybridized carbons (Fsp3) is 0.774. The Kier molecular flexibility index (Phi) is 6.24. The molecule has 1 spiro atoms. The molecule has 0 N–H and O–H groups in total. The molecule has 4 fully saturated rings. The molecule has 3 saturated carbocycles. The van der Waals surface area contributed by atoms with Gasteiger partial charge in [-0.05, 0) is 124 Å². The maximum absolute atomic E-state index is 13.0. The van der Waals surface area contributed by atoms with Crippen LogP contribution in [0.1, 0.15) is 82.9 Å². The summed E-state index contributed by atoms with van der Waals surface area (Å²) in [4.78, 5) is 19.2. The quantitative estimate of drug-likeness (QED) is 0.421. The lowest BCUT2D eigenvalue weighted by Crippen LogP contribution is -2.53. The van der Waals surface area contributed by atoms with Gasteiger partial charge in [-0.15, -0.1) is 11.3 Å². The second-order valence-electron chi connectivity index (χ2n) is 13.2. The maximum atomic E-state index is 13.0. The number of rotatable bonds is 5. The van der Waals surface area contributed by atoms with Gasteiger partial charge >= 0.3 is 0 Å². The highest BCUT2D eigenvalue weighted by Gasteiger charge is 2.64. The van der Waals surface area contributed by atoms with Crippen molar-refractivity contribution >= 4 is 17.2 Å². The molecule has 4 aliphatic carbocycles. The lowest BCUT2D eigenvalue weighted by atomic mass is 9.47. The van der Waals surface area contributed by atoms with Crippen LogP contribution in [-0.2, 0) is 11.2 Å². The molecule has 2 heterocycles. The number of aryl methyl sites for hydroxylation is 1. The van der Waals surface area contributed by atoms with E-state index in [0.29, 0.717) is 29.2 Å². The number of thiophene rings is 1. The molecule has 5 aliphatic rings. The number of likely N-dealkylation sites (tertiary alicyclic amines) is 1. The lowest BCUT2D eigenvalue weighted by Gasteiger charge is -2.58. The van der Waals surface area contributed by atoms with Gasteiger partial charge in [0.1, 0.15) is 0 Å². The van der Waals surface area contributed by atoms with E-state index < -0.39 is 0 Å². The summed E-state index contributed by atoms with van der Waals surface area (Å²) >= 11 is 1.81. The fourth-order valence-electron chi connectivity index (χ4n) is 10.0. The van der Waals surface area contributed by atoms with Crippen molar-refractivity contribution < 1.29 is 4.79 Å².